The Morgan fingerprint density at radius 1 is 1.35 bits per heavy atom. The van der Waals surface area contributed by atoms with Crippen molar-refractivity contribution in [2.45, 2.75) is 25.8 Å². The van der Waals surface area contributed by atoms with Gasteiger partial charge in [0.25, 0.3) is 5.91 Å². The van der Waals surface area contributed by atoms with E-state index in [1.165, 1.54) is 4.90 Å². The Labute approximate surface area is 143 Å². The molecule has 7 heteroatoms. The van der Waals surface area contributed by atoms with E-state index in [9.17, 15) is 9.59 Å². The normalized spacial score (nSPS) is 14.4. The average Bonchev–Trinajstić information content (AvgIpc) is 3.30. The molecule has 23 heavy (non-hydrogen) atoms. The fourth-order valence-corrected chi connectivity index (χ4v) is 2.18. The van der Waals surface area contributed by atoms with E-state index in [0.29, 0.717) is 23.7 Å². The first-order valence-corrected chi connectivity index (χ1v) is 7.51. The number of halogens is 1. The topological polar surface area (TPSA) is 87.5 Å². The van der Waals surface area contributed by atoms with Crippen molar-refractivity contribution in [1.29, 1.82) is 0 Å². The molecule has 0 aromatic heterocycles. The van der Waals surface area contributed by atoms with Crippen LogP contribution in [0.3, 0.4) is 0 Å². The van der Waals surface area contributed by atoms with Crippen LogP contribution in [0.1, 0.15) is 28.8 Å². The van der Waals surface area contributed by atoms with Crippen LogP contribution in [0.25, 0.3) is 0 Å². The van der Waals surface area contributed by atoms with Crippen LogP contribution >= 0.6 is 12.4 Å². The number of benzene rings is 1. The maximum atomic E-state index is 12.4. The highest BCUT2D eigenvalue weighted by Crippen LogP contribution is 2.31. The third-order valence-corrected chi connectivity index (χ3v) is 3.79. The second-order valence-corrected chi connectivity index (χ2v) is 6.08. The van der Waals surface area contributed by atoms with Gasteiger partial charge in [0.05, 0.1) is 11.3 Å². The number of urea groups is 1. The summed E-state index contributed by atoms with van der Waals surface area (Å²) in [6.07, 6.45) is 2.29. The van der Waals surface area contributed by atoms with Gasteiger partial charge >= 0.3 is 6.03 Å². The highest BCUT2D eigenvalue weighted by Gasteiger charge is 2.28. The Balaban J connectivity index is 0.00000264. The van der Waals surface area contributed by atoms with Crippen LogP contribution in [0.5, 0.6) is 0 Å². The van der Waals surface area contributed by atoms with Gasteiger partial charge in [-0.05, 0) is 37.8 Å². The molecular weight excluding hydrogens is 316 g/mol. The number of hydrogen-bond donors (Lipinski definition) is 3. The van der Waals surface area contributed by atoms with Crippen molar-refractivity contribution in [2.24, 2.45) is 11.7 Å². The molecule has 0 aliphatic heterocycles. The molecule has 0 spiro atoms. The summed E-state index contributed by atoms with van der Waals surface area (Å²) in [5.41, 5.74) is 7.92. The van der Waals surface area contributed by atoms with Crippen molar-refractivity contribution in [2.75, 3.05) is 26.0 Å². The van der Waals surface area contributed by atoms with Crippen LogP contribution in [0.2, 0.25) is 0 Å². The summed E-state index contributed by atoms with van der Waals surface area (Å²) >= 11 is 0. The Bertz CT molecular complexity index is 573. The number of hydrogen-bond acceptors (Lipinski definition) is 3. The molecule has 1 fully saturated rings. The molecular formula is C16H25ClN4O2. The molecule has 2 rings (SSSR count). The third kappa shape index (κ3) is 5.41. The minimum atomic E-state index is -0.271. The Hall–Kier alpha value is -1.79. The second-order valence-electron chi connectivity index (χ2n) is 6.08. The van der Waals surface area contributed by atoms with Crippen molar-refractivity contribution in [3.63, 3.8) is 0 Å². The Morgan fingerprint density at radius 3 is 2.57 bits per heavy atom. The monoisotopic (exact) mass is 340 g/mol. The fraction of sp³-hybridized carbons (Fsp3) is 0.500. The van der Waals surface area contributed by atoms with Gasteiger partial charge in [-0.3, -0.25) is 4.79 Å². The molecule has 1 aromatic rings. The molecule has 0 saturated heterocycles. The number of nitrogens with one attached hydrogen (secondary N) is 2. The average molecular weight is 341 g/mol. The first-order valence-electron chi connectivity index (χ1n) is 7.51. The first-order chi connectivity index (χ1) is 10.4. The van der Waals surface area contributed by atoms with Gasteiger partial charge in [0.15, 0.2) is 0 Å². The van der Waals surface area contributed by atoms with Crippen molar-refractivity contribution < 1.29 is 9.59 Å². The van der Waals surface area contributed by atoms with E-state index in [4.69, 9.17) is 5.73 Å². The molecule has 1 aliphatic carbocycles. The van der Waals surface area contributed by atoms with E-state index >= 15 is 0 Å². The Kier molecular flexibility index (Phi) is 6.84. The zero-order valence-electron chi connectivity index (χ0n) is 13.8. The van der Waals surface area contributed by atoms with Gasteiger partial charge < -0.3 is 21.3 Å². The molecule has 4 N–H and O–H groups in total. The summed E-state index contributed by atoms with van der Waals surface area (Å²) in [5.74, 6) is 0.319. The van der Waals surface area contributed by atoms with Crippen molar-refractivity contribution in [3.05, 3.63) is 29.3 Å². The summed E-state index contributed by atoms with van der Waals surface area (Å²) in [6.45, 7) is 2.36. The van der Waals surface area contributed by atoms with Crippen LogP contribution in [-0.4, -0.2) is 43.5 Å². The Morgan fingerprint density at radius 2 is 2.00 bits per heavy atom. The molecule has 1 aliphatic rings. The molecule has 1 aromatic carbocycles. The number of nitrogens with two attached hydrogens (primary N) is 1. The molecule has 128 valence electrons. The van der Waals surface area contributed by atoms with Gasteiger partial charge in [-0.15, -0.1) is 12.4 Å². The molecule has 1 atom stereocenters. The molecule has 1 saturated carbocycles. The van der Waals surface area contributed by atoms with Gasteiger partial charge in [0, 0.05) is 26.7 Å². The summed E-state index contributed by atoms with van der Waals surface area (Å²) in [7, 11) is 3.30. The zero-order valence-corrected chi connectivity index (χ0v) is 14.6. The van der Waals surface area contributed by atoms with E-state index in [0.717, 1.165) is 18.4 Å². The summed E-state index contributed by atoms with van der Waals surface area (Å²) in [5, 5.41) is 5.60. The van der Waals surface area contributed by atoms with Gasteiger partial charge in [0.1, 0.15) is 0 Å². The standard InChI is InChI=1S/C16H24N4O2.ClH/c1-10-4-7-14(19-16(22)20(2)3)12(8-10)15(21)18-9-13(17)11-5-6-11;/h4,7-8,11,13H,5-6,9,17H2,1-3H3,(H,18,21)(H,19,22);1H. The molecule has 0 bridgehead atoms. The van der Waals surface area contributed by atoms with Crippen molar-refractivity contribution in [1.82, 2.24) is 10.2 Å². The van der Waals surface area contributed by atoms with Crippen molar-refractivity contribution >= 4 is 30.0 Å². The van der Waals surface area contributed by atoms with Crippen LogP contribution in [0.15, 0.2) is 18.2 Å². The summed E-state index contributed by atoms with van der Waals surface area (Å²) < 4.78 is 0. The van der Waals surface area contributed by atoms with Gasteiger partial charge in [-0.1, -0.05) is 11.6 Å². The van der Waals surface area contributed by atoms with E-state index in [-0.39, 0.29) is 30.4 Å². The summed E-state index contributed by atoms with van der Waals surface area (Å²) in [6, 6.07) is 5.11. The van der Waals surface area contributed by atoms with Crippen molar-refractivity contribution in [3.8, 4) is 0 Å². The predicted molar refractivity (Wildman–Crippen MR) is 94.2 cm³/mol. The lowest BCUT2D eigenvalue weighted by Crippen LogP contribution is -2.39. The quantitative estimate of drug-likeness (QED) is 0.765. The number of nitrogens with zero attached hydrogens (tertiary/aromatic N) is 1. The van der Waals surface area contributed by atoms with Crippen LogP contribution in [0.4, 0.5) is 10.5 Å². The van der Waals surface area contributed by atoms with Gasteiger partial charge in [-0.25, -0.2) is 4.79 Å². The minimum Gasteiger partial charge on any atom is -0.350 e. The SMILES string of the molecule is Cc1ccc(NC(=O)N(C)C)c(C(=O)NCC(N)C2CC2)c1.Cl. The molecule has 0 heterocycles. The lowest BCUT2D eigenvalue weighted by molar-refractivity contribution is 0.0951. The number of aryl methyl sites for hydroxylation is 1. The molecule has 0 radical (unpaired) electrons. The molecule has 1 unspecified atom stereocenters. The first kappa shape index (κ1) is 19.3. The maximum absolute atomic E-state index is 12.4. The zero-order chi connectivity index (χ0) is 16.3. The van der Waals surface area contributed by atoms with E-state index < -0.39 is 0 Å². The van der Waals surface area contributed by atoms with Crippen LogP contribution < -0.4 is 16.4 Å². The predicted octanol–water partition coefficient (Wildman–Crippen LogP) is 1.98. The van der Waals surface area contributed by atoms with E-state index in [1.807, 2.05) is 13.0 Å². The minimum absolute atomic E-state index is 0. The van der Waals surface area contributed by atoms with E-state index in [1.54, 1.807) is 26.2 Å². The highest BCUT2D eigenvalue weighted by atomic mass is 35.5. The van der Waals surface area contributed by atoms with Gasteiger partial charge in [0.2, 0.25) is 0 Å². The number of rotatable bonds is 5. The fourth-order valence-electron chi connectivity index (χ4n) is 2.18. The number of carbonyl (C=O) groups is 2. The third-order valence-electron chi connectivity index (χ3n) is 3.79. The second kappa shape index (κ2) is 8.17. The maximum Gasteiger partial charge on any atom is 0.321 e. The molecule has 3 amide bonds. The van der Waals surface area contributed by atoms with Crippen LogP contribution in [-0.2, 0) is 0 Å². The number of anilines is 1. The molecule has 6 nitrogen and oxygen atoms in total. The summed E-state index contributed by atoms with van der Waals surface area (Å²) in [4.78, 5) is 25.6. The lowest BCUT2D eigenvalue weighted by Gasteiger charge is -2.16. The number of amides is 3. The van der Waals surface area contributed by atoms with Gasteiger partial charge in [-0.2, -0.15) is 0 Å². The highest BCUT2D eigenvalue weighted by molar-refractivity contribution is 6.03. The smallest absolute Gasteiger partial charge is 0.321 e. The lowest BCUT2D eigenvalue weighted by atomic mass is 10.1. The number of carbonyl (C=O) groups excluding carboxylic acids is 2. The van der Waals surface area contributed by atoms with E-state index in [2.05, 4.69) is 10.6 Å². The largest absolute Gasteiger partial charge is 0.350 e. The van der Waals surface area contributed by atoms with Crippen LogP contribution in [0, 0.1) is 12.8 Å².